The van der Waals surface area contributed by atoms with Gasteiger partial charge in [-0.1, -0.05) is 36.4 Å². The molecule has 0 aliphatic rings. The third-order valence-electron chi connectivity index (χ3n) is 5.25. The maximum absolute atomic E-state index is 13.8. The molecule has 160 valence electrons. The summed E-state index contributed by atoms with van der Waals surface area (Å²) in [6.45, 7) is 2.03. The number of aryl methyl sites for hydroxylation is 1. The fraction of sp³-hybridized carbons (Fsp3) is 0.0714. The normalized spacial score (nSPS) is 10.2. The van der Waals surface area contributed by atoms with Crippen molar-refractivity contribution in [3.8, 4) is 45.9 Å². The maximum atomic E-state index is 13.8. The number of halogens is 1. The molecular weight excluding hydrogens is 415 g/mol. The van der Waals surface area contributed by atoms with Gasteiger partial charge in [-0.2, -0.15) is 10.5 Å². The maximum Gasteiger partial charge on any atom is 0.230 e. The van der Waals surface area contributed by atoms with E-state index in [9.17, 15) is 4.39 Å². The largest absolute Gasteiger partial charge is 0.458 e. The molecule has 4 nitrogen and oxygen atoms in total. The molecule has 0 aliphatic carbocycles. The second-order valence-electron chi connectivity index (χ2n) is 7.40. The molecule has 0 saturated heterocycles. The summed E-state index contributed by atoms with van der Waals surface area (Å²) in [6.07, 6.45) is 0. The average molecular weight is 434 g/mol. The summed E-state index contributed by atoms with van der Waals surface area (Å²) in [6, 6.07) is 29.0. The van der Waals surface area contributed by atoms with E-state index in [-0.39, 0.29) is 12.4 Å². The van der Waals surface area contributed by atoms with E-state index in [4.69, 9.17) is 20.0 Å². The molecule has 0 spiro atoms. The van der Waals surface area contributed by atoms with E-state index in [0.29, 0.717) is 22.6 Å². The number of nitriles is 2. The van der Waals surface area contributed by atoms with Crippen molar-refractivity contribution in [1.82, 2.24) is 0 Å². The van der Waals surface area contributed by atoms with Crippen LogP contribution in [0.2, 0.25) is 0 Å². The van der Waals surface area contributed by atoms with Crippen molar-refractivity contribution in [2.45, 2.75) is 6.92 Å². The van der Waals surface area contributed by atoms with Crippen LogP contribution >= 0.6 is 0 Å². The van der Waals surface area contributed by atoms with Crippen molar-refractivity contribution in [2.24, 2.45) is 0 Å². The lowest BCUT2D eigenvalue weighted by Gasteiger charge is -2.11. The molecule has 0 fully saturated rings. The summed E-state index contributed by atoms with van der Waals surface area (Å²) in [5.41, 5.74) is 5.32. The minimum atomic E-state index is -0.538. The molecule has 0 saturated carbocycles. The van der Waals surface area contributed by atoms with Crippen LogP contribution in [0.3, 0.4) is 0 Å². The number of ether oxygens (including phenoxy) is 2. The van der Waals surface area contributed by atoms with Gasteiger partial charge in [0.05, 0.1) is 17.2 Å². The molecule has 0 aromatic heterocycles. The van der Waals surface area contributed by atoms with Crippen molar-refractivity contribution >= 4 is 0 Å². The third kappa shape index (κ3) is 5.01. The Balaban J connectivity index is 1.34. The van der Waals surface area contributed by atoms with Gasteiger partial charge < -0.3 is 9.47 Å². The molecule has 4 aromatic carbocycles. The summed E-state index contributed by atoms with van der Waals surface area (Å²) in [5, 5.41) is 17.9. The van der Waals surface area contributed by atoms with Crippen LogP contribution < -0.4 is 9.47 Å². The molecule has 0 bridgehead atoms. The predicted molar refractivity (Wildman–Crippen MR) is 124 cm³/mol. The number of hydrogen-bond donors (Lipinski definition) is 0. The fourth-order valence-corrected chi connectivity index (χ4v) is 3.48. The van der Waals surface area contributed by atoms with Crippen LogP contribution in [-0.4, -0.2) is 6.79 Å². The quantitative estimate of drug-likeness (QED) is 0.320. The van der Waals surface area contributed by atoms with Gasteiger partial charge >= 0.3 is 0 Å². The van der Waals surface area contributed by atoms with Gasteiger partial charge in [-0.05, 0) is 83.3 Å². The molecule has 4 rings (SSSR count). The van der Waals surface area contributed by atoms with E-state index in [2.05, 4.69) is 6.07 Å². The number of nitrogens with zero attached hydrogens (tertiary/aromatic N) is 2. The smallest absolute Gasteiger partial charge is 0.230 e. The molecule has 5 heteroatoms. The molecule has 0 amide bonds. The summed E-state index contributed by atoms with van der Waals surface area (Å²) in [7, 11) is 0. The summed E-state index contributed by atoms with van der Waals surface area (Å²) in [4.78, 5) is 0. The van der Waals surface area contributed by atoms with Crippen molar-refractivity contribution in [1.29, 1.82) is 10.5 Å². The number of rotatable bonds is 6. The molecule has 0 heterocycles. The summed E-state index contributed by atoms with van der Waals surface area (Å²) in [5.74, 6) is 0.761. The first-order valence-electron chi connectivity index (χ1n) is 10.2. The first kappa shape index (κ1) is 21.6. The van der Waals surface area contributed by atoms with E-state index in [1.165, 1.54) is 12.1 Å². The lowest BCUT2D eigenvalue weighted by Crippen LogP contribution is -2.05. The van der Waals surface area contributed by atoms with Crippen LogP contribution in [0.15, 0.2) is 84.9 Å². The Morgan fingerprint density at radius 2 is 1.30 bits per heavy atom. The second-order valence-corrected chi connectivity index (χ2v) is 7.40. The molecule has 0 radical (unpaired) electrons. The first-order valence-corrected chi connectivity index (χ1v) is 10.2. The van der Waals surface area contributed by atoms with Gasteiger partial charge in [0.15, 0.2) is 0 Å². The van der Waals surface area contributed by atoms with E-state index in [0.717, 1.165) is 22.3 Å². The molecule has 0 atom stereocenters. The van der Waals surface area contributed by atoms with Gasteiger partial charge in [-0.3, -0.25) is 0 Å². The SMILES string of the molecule is Cc1cc(C#N)ccc1-c1ccc(OCOc2ccc(-c3ccc(C#N)c(F)c3)cc2)cc1. The van der Waals surface area contributed by atoms with Gasteiger partial charge in [0.2, 0.25) is 6.79 Å². The Kier molecular flexibility index (Phi) is 6.34. The van der Waals surface area contributed by atoms with Crippen molar-refractivity contribution in [3.05, 3.63) is 107 Å². The van der Waals surface area contributed by atoms with Crippen LogP contribution in [0.1, 0.15) is 16.7 Å². The zero-order chi connectivity index (χ0) is 23.2. The van der Waals surface area contributed by atoms with Crippen LogP contribution in [-0.2, 0) is 0 Å². The highest BCUT2D eigenvalue weighted by atomic mass is 19.1. The zero-order valence-corrected chi connectivity index (χ0v) is 17.9. The van der Waals surface area contributed by atoms with Gasteiger partial charge in [0.1, 0.15) is 23.4 Å². The molecule has 0 aliphatic heterocycles. The molecule has 0 N–H and O–H groups in total. The van der Waals surface area contributed by atoms with Crippen LogP contribution in [0.5, 0.6) is 11.5 Å². The molecular formula is C28H19FN2O2. The molecule has 4 aromatic rings. The second kappa shape index (κ2) is 9.68. The minimum absolute atomic E-state index is 0.0240. The Hall–Kier alpha value is -4.61. The highest BCUT2D eigenvalue weighted by molar-refractivity contribution is 5.69. The third-order valence-corrected chi connectivity index (χ3v) is 5.25. The topological polar surface area (TPSA) is 66.0 Å². The predicted octanol–water partition coefficient (Wildman–Crippen LogP) is 6.63. The Bertz CT molecular complexity index is 1370. The van der Waals surface area contributed by atoms with E-state index < -0.39 is 5.82 Å². The van der Waals surface area contributed by atoms with E-state index in [1.807, 2.05) is 67.6 Å². The Morgan fingerprint density at radius 3 is 1.85 bits per heavy atom. The van der Waals surface area contributed by atoms with Crippen LogP contribution in [0.25, 0.3) is 22.3 Å². The van der Waals surface area contributed by atoms with Crippen molar-refractivity contribution < 1.29 is 13.9 Å². The lowest BCUT2D eigenvalue weighted by atomic mass is 9.99. The van der Waals surface area contributed by atoms with Gasteiger partial charge in [-0.25, -0.2) is 4.39 Å². The standard InChI is InChI=1S/C28H19FN2O2/c1-19-14-20(16-30)2-13-27(19)22-7-11-26(12-8-22)33-18-32-25-9-5-21(6-10-25)23-3-4-24(17-31)28(29)15-23/h2-15H,18H2,1H3. The summed E-state index contributed by atoms with van der Waals surface area (Å²) < 4.78 is 25.2. The number of benzene rings is 4. The first-order chi connectivity index (χ1) is 16.1. The van der Waals surface area contributed by atoms with Gasteiger partial charge in [0.25, 0.3) is 0 Å². The average Bonchev–Trinajstić information content (AvgIpc) is 2.85. The van der Waals surface area contributed by atoms with Crippen LogP contribution in [0.4, 0.5) is 4.39 Å². The number of hydrogen-bond acceptors (Lipinski definition) is 4. The Labute approximate surface area is 191 Å². The summed E-state index contributed by atoms with van der Waals surface area (Å²) >= 11 is 0. The monoisotopic (exact) mass is 434 g/mol. The van der Waals surface area contributed by atoms with E-state index in [1.54, 1.807) is 18.2 Å². The fourth-order valence-electron chi connectivity index (χ4n) is 3.48. The van der Waals surface area contributed by atoms with Crippen molar-refractivity contribution in [3.63, 3.8) is 0 Å². The lowest BCUT2D eigenvalue weighted by molar-refractivity contribution is 0.120. The zero-order valence-electron chi connectivity index (χ0n) is 17.9. The van der Waals surface area contributed by atoms with E-state index >= 15 is 0 Å². The van der Waals surface area contributed by atoms with Crippen LogP contribution in [0, 0.1) is 35.4 Å². The minimum Gasteiger partial charge on any atom is -0.458 e. The van der Waals surface area contributed by atoms with Crippen molar-refractivity contribution in [2.75, 3.05) is 6.79 Å². The van der Waals surface area contributed by atoms with Gasteiger partial charge in [0, 0.05) is 0 Å². The molecule has 0 unspecified atom stereocenters. The highest BCUT2D eigenvalue weighted by Gasteiger charge is 2.06. The highest BCUT2D eigenvalue weighted by Crippen LogP contribution is 2.27. The molecule has 33 heavy (non-hydrogen) atoms. The Morgan fingerprint density at radius 1 is 0.697 bits per heavy atom. The van der Waals surface area contributed by atoms with Gasteiger partial charge in [-0.15, -0.1) is 0 Å².